The Kier molecular flexibility index (Phi) is 5.27. The van der Waals surface area contributed by atoms with E-state index < -0.39 is 0 Å². The average Bonchev–Trinajstić information content (AvgIpc) is 2.42. The van der Waals surface area contributed by atoms with Crippen LogP contribution in [0.5, 0.6) is 0 Å². The van der Waals surface area contributed by atoms with Crippen LogP contribution in [0.2, 0.25) is 0 Å². The molecule has 3 atom stereocenters. The van der Waals surface area contributed by atoms with Crippen molar-refractivity contribution in [3.05, 3.63) is 11.6 Å². The fourth-order valence-electron chi connectivity index (χ4n) is 3.81. The van der Waals surface area contributed by atoms with Gasteiger partial charge in [-0.15, -0.1) is 0 Å². The summed E-state index contributed by atoms with van der Waals surface area (Å²) in [4.78, 5) is 2.61. The number of hydrogen-bond donors (Lipinski definition) is 1. The van der Waals surface area contributed by atoms with Crippen LogP contribution in [0.1, 0.15) is 40.0 Å². The molecule has 1 saturated carbocycles. The van der Waals surface area contributed by atoms with Gasteiger partial charge in [0.25, 0.3) is 0 Å². The van der Waals surface area contributed by atoms with Gasteiger partial charge in [0.15, 0.2) is 0 Å². The minimum absolute atomic E-state index is 0.355. The van der Waals surface area contributed by atoms with Crippen LogP contribution < -0.4 is 5.73 Å². The van der Waals surface area contributed by atoms with E-state index in [0.29, 0.717) is 17.4 Å². The Balaban J connectivity index is 1.91. The molecule has 0 saturated heterocycles. The second-order valence-corrected chi connectivity index (χ2v) is 7.35. The lowest BCUT2D eigenvalue weighted by Crippen LogP contribution is -2.50. The van der Waals surface area contributed by atoms with E-state index in [-0.39, 0.29) is 0 Å². The maximum Gasteiger partial charge on any atom is 0.0673 e. The van der Waals surface area contributed by atoms with Crippen molar-refractivity contribution in [2.24, 2.45) is 23.0 Å². The fourth-order valence-corrected chi connectivity index (χ4v) is 3.81. The molecule has 20 heavy (non-hydrogen) atoms. The Hall–Kier alpha value is -0.380. The Labute approximate surface area is 124 Å². The van der Waals surface area contributed by atoms with Crippen molar-refractivity contribution in [1.29, 1.82) is 0 Å². The van der Waals surface area contributed by atoms with Crippen LogP contribution in [-0.2, 0) is 4.74 Å². The van der Waals surface area contributed by atoms with E-state index in [1.54, 1.807) is 7.11 Å². The third-order valence-corrected chi connectivity index (χ3v) is 5.91. The van der Waals surface area contributed by atoms with Crippen molar-refractivity contribution in [2.75, 3.05) is 33.4 Å². The van der Waals surface area contributed by atoms with E-state index in [2.05, 4.69) is 31.7 Å². The maximum absolute atomic E-state index is 6.26. The van der Waals surface area contributed by atoms with Gasteiger partial charge in [-0.25, -0.2) is 0 Å². The van der Waals surface area contributed by atoms with Gasteiger partial charge in [0.05, 0.1) is 6.61 Å². The van der Waals surface area contributed by atoms with E-state index in [9.17, 15) is 0 Å². The molecule has 3 heteroatoms. The first-order chi connectivity index (χ1) is 9.45. The first kappa shape index (κ1) is 16.0. The minimum atomic E-state index is 0.355. The van der Waals surface area contributed by atoms with Crippen molar-refractivity contribution in [3.8, 4) is 0 Å². The molecule has 0 bridgehead atoms. The summed E-state index contributed by atoms with van der Waals surface area (Å²) in [6.07, 6.45) is 5.99. The maximum atomic E-state index is 6.26. The quantitative estimate of drug-likeness (QED) is 0.805. The number of methoxy groups -OCH3 is 1. The van der Waals surface area contributed by atoms with Crippen molar-refractivity contribution in [1.82, 2.24) is 4.90 Å². The number of hydrogen-bond acceptors (Lipinski definition) is 3. The van der Waals surface area contributed by atoms with Gasteiger partial charge in [-0.05, 0) is 42.1 Å². The zero-order chi connectivity index (χ0) is 14.8. The molecular formula is C17H32N2O. The highest BCUT2D eigenvalue weighted by atomic mass is 16.5. The first-order valence-corrected chi connectivity index (χ1v) is 8.10. The highest BCUT2D eigenvalue weighted by Crippen LogP contribution is 2.44. The summed E-state index contributed by atoms with van der Waals surface area (Å²) in [5, 5.41) is 0. The molecule has 0 aromatic heterocycles. The molecular weight excluding hydrogens is 248 g/mol. The number of nitrogens with zero attached hydrogens (tertiary/aromatic N) is 1. The monoisotopic (exact) mass is 280 g/mol. The summed E-state index contributed by atoms with van der Waals surface area (Å²) >= 11 is 0. The molecule has 2 rings (SSSR count). The molecule has 0 amide bonds. The normalized spacial score (nSPS) is 34.9. The van der Waals surface area contributed by atoms with E-state index in [1.165, 1.54) is 31.5 Å². The minimum Gasteiger partial charge on any atom is -0.380 e. The molecule has 1 heterocycles. The molecule has 0 aromatic rings. The zero-order valence-corrected chi connectivity index (χ0v) is 13.7. The van der Waals surface area contributed by atoms with Crippen LogP contribution in [0.15, 0.2) is 11.6 Å². The topological polar surface area (TPSA) is 38.5 Å². The van der Waals surface area contributed by atoms with Gasteiger partial charge in [0, 0.05) is 32.8 Å². The van der Waals surface area contributed by atoms with E-state index >= 15 is 0 Å². The van der Waals surface area contributed by atoms with Gasteiger partial charge >= 0.3 is 0 Å². The lowest BCUT2D eigenvalue weighted by molar-refractivity contribution is 0.0299. The van der Waals surface area contributed by atoms with Crippen LogP contribution in [-0.4, -0.2) is 44.3 Å². The average molecular weight is 280 g/mol. The van der Waals surface area contributed by atoms with Crippen LogP contribution in [0.25, 0.3) is 0 Å². The SMILES string of the molecule is COCC1=CCN(CC2CCC(N)C(C)C2(C)C)CC1. The molecule has 1 fully saturated rings. The summed E-state index contributed by atoms with van der Waals surface area (Å²) in [5.74, 6) is 1.39. The fraction of sp³-hybridized carbons (Fsp3) is 0.882. The van der Waals surface area contributed by atoms with Gasteiger partial charge in [0.2, 0.25) is 0 Å². The Morgan fingerprint density at radius 1 is 1.40 bits per heavy atom. The Morgan fingerprint density at radius 3 is 2.75 bits per heavy atom. The van der Waals surface area contributed by atoms with Gasteiger partial charge < -0.3 is 10.5 Å². The number of ether oxygens (including phenoxy) is 1. The van der Waals surface area contributed by atoms with Crippen molar-refractivity contribution in [3.63, 3.8) is 0 Å². The van der Waals surface area contributed by atoms with E-state index in [4.69, 9.17) is 10.5 Å². The summed E-state index contributed by atoms with van der Waals surface area (Å²) in [7, 11) is 1.78. The smallest absolute Gasteiger partial charge is 0.0673 e. The Bertz CT molecular complexity index is 351. The summed E-state index contributed by atoms with van der Waals surface area (Å²) in [6.45, 7) is 11.5. The Morgan fingerprint density at radius 2 is 2.15 bits per heavy atom. The molecule has 2 aliphatic rings. The number of rotatable bonds is 4. The predicted molar refractivity (Wildman–Crippen MR) is 84.7 cm³/mol. The molecule has 2 N–H and O–H groups in total. The molecule has 0 spiro atoms. The van der Waals surface area contributed by atoms with Crippen molar-refractivity contribution < 1.29 is 4.74 Å². The lowest BCUT2D eigenvalue weighted by atomic mass is 9.61. The van der Waals surface area contributed by atoms with Gasteiger partial charge in [0.1, 0.15) is 0 Å². The summed E-state index contributed by atoms with van der Waals surface area (Å²) in [5.41, 5.74) is 8.08. The standard InChI is InChI=1S/C17H32N2O/c1-13-16(18)6-5-15(17(13,2)3)11-19-9-7-14(8-10-19)12-20-4/h7,13,15-16H,5-6,8-12,18H2,1-4H3. The van der Waals surface area contributed by atoms with Crippen LogP contribution in [0, 0.1) is 17.3 Å². The highest BCUT2D eigenvalue weighted by Gasteiger charge is 2.41. The third-order valence-electron chi connectivity index (χ3n) is 5.91. The van der Waals surface area contributed by atoms with E-state index in [0.717, 1.165) is 25.5 Å². The van der Waals surface area contributed by atoms with Crippen LogP contribution in [0.4, 0.5) is 0 Å². The molecule has 3 unspecified atom stereocenters. The molecule has 1 aliphatic carbocycles. The summed E-state index contributed by atoms with van der Waals surface area (Å²) in [6, 6.07) is 0.385. The van der Waals surface area contributed by atoms with Gasteiger partial charge in [-0.3, -0.25) is 4.90 Å². The van der Waals surface area contributed by atoms with Crippen molar-refractivity contribution in [2.45, 2.75) is 46.1 Å². The predicted octanol–water partition coefficient (Wildman–Crippen LogP) is 2.66. The van der Waals surface area contributed by atoms with E-state index in [1.807, 2.05) is 0 Å². The van der Waals surface area contributed by atoms with Crippen LogP contribution in [0.3, 0.4) is 0 Å². The van der Waals surface area contributed by atoms with Crippen molar-refractivity contribution >= 4 is 0 Å². The molecule has 3 nitrogen and oxygen atoms in total. The first-order valence-electron chi connectivity index (χ1n) is 8.10. The molecule has 1 aliphatic heterocycles. The van der Waals surface area contributed by atoms with Gasteiger partial charge in [-0.1, -0.05) is 26.8 Å². The largest absolute Gasteiger partial charge is 0.380 e. The third kappa shape index (κ3) is 3.44. The molecule has 116 valence electrons. The summed E-state index contributed by atoms with van der Waals surface area (Å²) < 4.78 is 5.22. The molecule has 0 aromatic carbocycles. The second-order valence-electron chi connectivity index (χ2n) is 7.35. The zero-order valence-electron chi connectivity index (χ0n) is 13.7. The number of nitrogens with two attached hydrogens (primary N) is 1. The molecule has 0 radical (unpaired) electrons. The van der Waals surface area contributed by atoms with Gasteiger partial charge in [-0.2, -0.15) is 0 Å². The lowest BCUT2D eigenvalue weighted by Gasteiger charge is -2.48. The second kappa shape index (κ2) is 6.59. The van der Waals surface area contributed by atoms with Crippen LogP contribution >= 0.6 is 0 Å². The highest BCUT2D eigenvalue weighted by molar-refractivity contribution is 5.08.